The molecule has 0 bridgehead atoms. The molecule has 0 saturated carbocycles. The molecule has 3 N–H and O–H groups in total. The Bertz CT molecular complexity index is 978. The van der Waals surface area contributed by atoms with Gasteiger partial charge in [0.15, 0.2) is 23.9 Å². The van der Waals surface area contributed by atoms with E-state index in [2.05, 4.69) is 20.1 Å². The van der Waals surface area contributed by atoms with Crippen molar-refractivity contribution in [3.63, 3.8) is 0 Å². The number of nitrogens with zero attached hydrogens (tertiary/aromatic N) is 2. The van der Waals surface area contributed by atoms with Crippen LogP contribution in [0.15, 0.2) is 41.6 Å². The Kier molecular flexibility index (Phi) is 7.69. The molecular formula is C22H26F2N4O4. The number of anilines is 2. The second-order valence-corrected chi connectivity index (χ2v) is 7.24. The zero-order valence-electron chi connectivity index (χ0n) is 17.9. The van der Waals surface area contributed by atoms with Crippen LogP contribution in [-0.2, 0) is 9.63 Å². The number of rotatable bonds is 9. The molecule has 8 nitrogen and oxygen atoms in total. The van der Waals surface area contributed by atoms with E-state index in [1.165, 1.54) is 38.2 Å². The van der Waals surface area contributed by atoms with Gasteiger partial charge in [-0.25, -0.2) is 0 Å². The molecule has 0 atom stereocenters. The van der Waals surface area contributed by atoms with Crippen molar-refractivity contribution in [2.75, 3.05) is 37.0 Å². The second kappa shape index (κ2) is 10.7. The fourth-order valence-electron chi connectivity index (χ4n) is 3.38. The van der Waals surface area contributed by atoms with Crippen molar-refractivity contribution in [3.8, 4) is 11.5 Å². The molecule has 172 valence electrons. The van der Waals surface area contributed by atoms with E-state index in [9.17, 15) is 13.6 Å². The summed E-state index contributed by atoms with van der Waals surface area (Å²) in [7, 11) is 1.31. The van der Waals surface area contributed by atoms with Gasteiger partial charge in [-0.1, -0.05) is 5.16 Å². The molecule has 2 aromatic rings. The van der Waals surface area contributed by atoms with Gasteiger partial charge in [0, 0.05) is 30.0 Å². The number of amidine groups is 1. The minimum Gasteiger partial charge on any atom is -0.493 e. The topological polar surface area (TPSA) is 98.4 Å². The van der Waals surface area contributed by atoms with Gasteiger partial charge in [-0.15, -0.1) is 0 Å². The molecule has 1 heterocycles. The monoisotopic (exact) mass is 448 g/mol. The zero-order valence-corrected chi connectivity index (χ0v) is 17.9. The number of alkyl halides is 2. The van der Waals surface area contributed by atoms with Crippen LogP contribution < -0.4 is 25.4 Å². The average molecular weight is 448 g/mol. The maximum absolute atomic E-state index is 12.4. The van der Waals surface area contributed by atoms with Crippen LogP contribution in [0.1, 0.15) is 24.0 Å². The molecule has 0 spiro atoms. The molecule has 0 aromatic heterocycles. The van der Waals surface area contributed by atoms with Crippen LogP contribution in [0.25, 0.3) is 0 Å². The Hall–Kier alpha value is -3.56. The summed E-state index contributed by atoms with van der Waals surface area (Å²) < 4.78 is 34.2. The molecule has 32 heavy (non-hydrogen) atoms. The molecule has 3 rings (SSSR count). The number of amides is 1. The number of methoxy groups -OCH3 is 1. The maximum atomic E-state index is 12.4. The smallest absolute Gasteiger partial charge is 0.387 e. The number of ether oxygens (including phenoxy) is 2. The summed E-state index contributed by atoms with van der Waals surface area (Å²) in [5, 5.41) is 6.50. The van der Waals surface area contributed by atoms with E-state index in [0.29, 0.717) is 11.3 Å². The van der Waals surface area contributed by atoms with E-state index < -0.39 is 12.5 Å². The molecule has 0 aliphatic carbocycles. The number of benzene rings is 2. The fraction of sp³-hybridized carbons (Fsp3) is 0.364. The quantitative estimate of drug-likeness (QED) is 0.346. The van der Waals surface area contributed by atoms with E-state index in [-0.39, 0.29) is 23.9 Å². The van der Waals surface area contributed by atoms with Gasteiger partial charge in [0.2, 0.25) is 0 Å². The van der Waals surface area contributed by atoms with Crippen molar-refractivity contribution in [1.82, 2.24) is 0 Å². The van der Waals surface area contributed by atoms with Crippen LogP contribution in [0.5, 0.6) is 11.5 Å². The number of carbonyl (C=O) groups is 1. The lowest BCUT2D eigenvalue weighted by Gasteiger charge is -2.19. The van der Waals surface area contributed by atoms with Crippen LogP contribution in [0.4, 0.5) is 20.2 Å². The molecule has 1 aliphatic heterocycles. The van der Waals surface area contributed by atoms with Crippen LogP contribution in [0.3, 0.4) is 0 Å². The summed E-state index contributed by atoms with van der Waals surface area (Å²) in [6.07, 6.45) is 2.39. The minimum atomic E-state index is -2.98. The molecule has 1 fully saturated rings. The number of hydrogen-bond acceptors (Lipinski definition) is 6. The van der Waals surface area contributed by atoms with Crippen molar-refractivity contribution in [3.05, 3.63) is 47.5 Å². The van der Waals surface area contributed by atoms with Gasteiger partial charge < -0.3 is 30.3 Å². The van der Waals surface area contributed by atoms with Crippen molar-refractivity contribution in [2.24, 2.45) is 10.9 Å². The van der Waals surface area contributed by atoms with Gasteiger partial charge in [0.1, 0.15) is 0 Å². The van der Waals surface area contributed by atoms with Crippen molar-refractivity contribution < 1.29 is 27.9 Å². The van der Waals surface area contributed by atoms with Crippen LogP contribution in [0, 0.1) is 6.92 Å². The number of oxime groups is 1. The second-order valence-electron chi connectivity index (χ2n) is 7.24. The van der Waals surface area contributed by atoms with E-state index in [1.807, 2.05) is 25.1 Å². The van der Waals surface area contributed by atoms with E-state index >= 15 is 0 Å². The van der Waals surface area contributed by atoms with Gasteiger partial charge in [0.25, 0.3) is 5.91 Å². The van der Waals surface area contributed by atoms with Crippen molar-refractivity contribution >= 4 is 23.1 Å². The first-order chi connectivity index (χ1) is 15.4. The summed E-state index contributed by atoms with van der Waals surface area (Å²) in [4.78, 5) is 19.6. The van der Waals surface area contributed by atoms with Gasteiger partial charge in [-0.3, -0.25) is 4.79 Å². The lowest BCUT2D eigenvalue weighted by Crippen LogP contribution is -2.20. The SMILES string of the molecule is COc1cc(C(N)=NOCC(=O)Nc2ccc(N3CCCC3)cc2C)ccc1OC(F)F. The zero-order chi connectivity index (χ0) is 23.1. The maximum Gasteiger partial charge on any atom is 0.387 e. The third kappa shape index (κ3) is 5.99. The first kappa shape index (κ1) is 23.1. The van der Waals surface area contributed by atoms with Gasteiger partial charge in [-0.2, -0.15) is 8.78 Å². The number of aryl methyl sites for hydroxylation is 1. The summed E-state index contributed by atoms with van der Waals surface area (Å²) in [6.45, 7) is 0.694. The Morgan fingerprint density at radius 3 is 2.59 bits per heavy atom. The molecule has 0 radical (unpaired) electrons. The largest absolute Gasteiger partial charge is 0.493 e. The Morgan fingerprint density at radius 2 is 1.94 bits per heavy atom. The van der Waals surface area contributed by atoms with Gasteiger partial charge in [0.05, 0.1) is 7.11 Å². The number of carbonyl (C=O) groups excluding carboxylic acids is 1. The van der Waals surface area contributed by atoms with E-state index in [0.717, 1.165) is 24.3 Å². The Labute approximate surface area is 184 Å². The van der Waals surface area contributed by atoms with Crippen LogP contribution in [-0.4, -0.2) is 45.2 Å². The van der Waals surface area contributed by atoms with Crippen LogP contribution in [0.2, 0.25) is 0 Å². The summed E-state index contributed by atoms with van der Waals surface area (Å²) in [5.74, 6) is -0.514. The van der Waals surface area contributed by atoms with Gasteiger partial charge >= 0.3 is 6.61 Å². The molecule has 10 heteroatoms. The number of nitrogens with two attached hydrogens (primary N) is 1. The van der Waals surface area contributed by atoms with E-state index in [4.69, 9.17) is 15.3 Å². The fourth-order valence-corrected chi connectivity index (χ4v) is 3.38. The van der Waals surface area contributed by atoms with Crippen LogP contribution >= 0.6 is 0 Å². The standard InChI is InChI=1S/C22H26F2N4O4/c1-14-11-16(28-9-3-4-10-28)6-7-17(14)26-20(29)13-31-27-21(25)15-5-8-18(32-22(23)24)19(12-15)30-2/h5-8,11-12,22H,3-4,9-10,13H2,1-2H3,(H2,25,27)(H,26,29). The normalized spacial score (nSPS) is 13.9. The first-order valence-corrected chi connectivity index (χ1v) is 10.1. The third-order valence-corrected chi connectivity index (χ3v) is 4.99. The molecule has 0 unspecified atom stereocenters. The number of hydrogen-bond donors (Lipinski definition) is 2. The first-order valence-electron chi connectivity index (χ1n) is 10.1. The molecule has 1 amide bonds. The molecule has 1 saturated heterocycles. The van der Waals surface area contributed by atoms with Crippen molar-refractivity contribution in [1.29, 1.82) is 0 Å². The highest BCUT2D eigenvalue weighted by Crippen LogP contribution is 2.29. The lowest BCUT2D eigenvalue weighted by atomic mass is 10.1. The highest BCUT2D eigenvalue weighted by atomic mass is 19.3. The molecule has 1 aliphatic rings. The average Bonchev–Trinajstić information content (AvgIpc) is 3.30. The third-order valence-electron chi connectivity index (χ3n) is 4.99. The Balaban J connectivity index is 1.55. The number of nitrogens with one attached hydrogen (secondary N) is 1. The summed E-state index contributed by atoms with van der Waals surface area (Å²) in [5.41, 5.74) is 9.00. The predicted octanol–water partition coefficient (Wildman–Crippen LogP) is 3.48. The number of halogens is 2. The lowest BCUT2D eigenvalue weighted by molar-refractivity contribution is -0.120. The summed E-state index contributed by atoms with van der Waals surface area (Å²) in [6, 6.07) is 9.99. The van der Waals surface area contributed by atoms with Crippen molar-refractivity contribution in [2.45, 2.75) is 26.4 Å². The van der Waals surface area contributed by atoms with E-state index in [1.54, 1.807) is 0 Å². The Morgan fingerprint density at radius 1 is 1.19 bits per heavy atom. The van der Waals surface area contributed by atoms with Gasteiger partial charge in [-0.05, 0) is 61.7 Å². The molecule has 2 aromatic carbocycles. The highest BCUT2D eigenvalue weighted by molar-refractivity contribution is 5.98. The summed E-state index contributed by atoms with van der Waals surface area (Å²) >= 11 is 0. The minimum absolute atomic E-state index is 0.0501. The predicted molar refractivity (Wildman–Crippen MR) is 118 cm³/mol. The highest BCUT2D eigenvalue weighted by Gasteiger charge is 2.15. The molecular weight excluding hydrogens is 422 g/mol.